The number of carbonyl (C=O) groups excluding carboxylic acids is 2. The molecule has 2 N–H and O–H groups in total. The Morgan fingerprint density at radius 1 is 1.33 bits per heavy atom. The molecule has 0 bridgehead atoms. The van der Waals surface area contributed by atoms with Crippen molar-refractivity contribution in [2.75, 3.05) is 13.2 Å². The van der Waals surface area contributed by atoms with Gasteiger partial charge in [0.1, 0.15) is 6.54 Å². The van der Waals surface area contributed by atoms with Crippen molar-refractivity contribution in [3.05, 3.63) is 51.9 Å². The zero-order valence-electron chi connectivity index (χ0n) is 13.3. The van der Waals surface area contributed by atoms with Crippen LogP contribution in [-0.2, 0) is 9.53 Å². The topological polar surface area (TPSA) is 111 Å². The maximum Gasteiger partial charge on any atom is 0.325 e. The molecule has 0 aliphatic rings. The van der Waals surface area contributed by atoms with Gasteiger partial charge in [0.25, 0.3) is 11.5 Å². The summed E-state index contributed by atoms with van der Waals surface area (Å²) >= 11 is 0. The first kappa shape index (κ1) is 17.2. The smallest absolute Gasteiger partial charge is 0.325 e. The van der Waals surface area contributed by atoms with E-state index in [2.05, 4.69) is 10.4 Å². The van der Waals surface area contributed by atoms with Crippen LogP contribution in [0.5, 0.6) is 5.75 Å². The minimum Gasteiger partial charge on any atom is -0.505 e. The van der Waals surface area contributed by atoms with Crippen LogP contribution in [0.4, 0.5) is 0 Å². The molecule has 0 fully saturated rings. The van der Waals surface area contributed by atoms with Crippen LogP contribution < -0.4 is 10.9 Å². The molecular formula is C16H17N3O5. The molecule has 0 spiro atoms. The zero-order chi connectivity index (χ0) is 17.7. The van der Waals surface area contributed by atoms with Crippen LogP contribution in [-0.4, -0.2) is 39.9 Å². The molecule has 8 nitrogen and oxygen atoms in total. The number of nitrogens with one attached hydrogen (secondary N) is 1. The number of hydrogen-bond donors (Lipinski definition) is 2. The number of esters is 1. The van der Waals surface area contributed by atoms with E-state index < -0.39 is 23.2 Å². The minimum absolute atomic E-state index is 0.191. The predicted molar refractivity (Wildman–Crippen MR) is 85.2 cm³/mol. The van der Waals surface area contributed by atoms with Gasteiger partial charge in [0.2, 0.25) is 0 Å². The van der Waals surface area contributed by atoms with E-state index in [0.717, 1.165) is 16.3 Å². The summed E-state index contributed by atoms with van der Waals surface area (Å²) in [5.74, 6) is -1.97. The first-order valence-electron chi connectivity index (χ1n) is 7.26. The van der Waals surface area contributed by atoms with Gasteiger partial charge in [0, 0.05) is 6.07 Å². The highest BCUT2D eigenvalue weighted by atomic mass is 16.5. The molecule has 2 rings (SSSR count). The standard InChI is InChI=1S/C16H17N3O5/c1-3-24-14(22)9-17-16(23)15-12(20)8-13(21)19(18-15)11-6-4-5-10(2)7-11/h4-8,20H,3,9H2,1-2H3,(H,17,23). The molecule has 0 atom stereocenters. The number of aromatic nitrogens is 2. The summed E-state index contributed by atoms with van der Waals surface area (Å²) in [5, 5.41) is 16.0. The Morgan fingerprint density at radius 2 is 2.08 bits per heavy atom. The summed E-state index contributed by atoms with van der Waals surface area (Å²) in [5.41, 5.74) is 0.419. The third kappa shape index (κ3) is 3.97. The number of hydrogen-bond acceptors (Lipinski definition) is 6. The summed E-state index contributed by atoms with van der Waals surface area (Å²) in [7, 11) is 0. The lowest BCUT2D eigenvalue weighted by molar-refractivity contribution is -0.141. The molecule has 1 aromatic heterocycles. The quantitative estimate of drug-likeness (QED) is 0.774. The van der Waals surface area contributed by atoms with Crippen molar-refractivity contribution < 1.29 is 19.4 Å². The zero-order valence-corrected chi connectivity index (χ0v) is 13.3. The number of ether oxygens (including phenoxy) is 1. The Balaban J connectivity index is 2.31. The second kappa shape index (κ2) is 7.40. The second-order valence-corrected chi connectivity index (χ2v) is 4.95. The fourth-order valence-electron chi connectivity index (χ4n) is 2.00. The Hall–Kier alpha value is -3.16. The first-order valence-corrected chi connectivity index (χ1v) is 7.26. The molecule has 0 saturated carbocycles. The molecule has 24 heavy (non-hydrogen) atoms. The van der Waals surface area contributed by atoms with Gasteiger partial charge in [0.05, 0.1) is 12.3 Å². The molecule has 8 heteroatoms. The van der Waals surface area contributed by atoms with Gasteiger partial charge in [-0.25, -0.2) is 0 Å². The monoisotopic (exact) mass is 331 g/mol. The van der Waals surface area contributed by atoms with Crippen LogP contribution in [0.25, 0.3) is 5.69 Å². The van der Waals surface area contributed by atoms with Crippen molar-refractivity contribution >= 4 is 11.9 Å². The lowest BCUT2D eigenvalue weighted by Crippen LogP contribution is -2.33. The van der Waals surface area contributed by atoms with Crippen molar-refractivity contribution in [2.45, 2.75) is 13.8 Å². The molecule has 0 saturated heterocycles. The van der Waals surface area contributed by atoms with Crippen LogP contribution in [0.3, 0.4) is 0 Å². The van der Waals surface area contributed by atoms with Crippen molar-refractivity contribution in [3.63, 3.8) is 0 Å². The van der Waals surface area contributed by atoms with E-state index in [9.17, 15) is 19.5 Å². The molecule has 1 heterocycles. The van der Waals surface area contributed by atoms with Gasteiger partial charge in [-0.15, -0.1) is 0 Å². The fraction of sp³-hybridized carbons (Fsp3) is 0.250. The van der Waals surface area contributed by atoms with Gasteiger partial charge in [-0.05, 0) is 31.5 Å². The van der Waals surface area contributed by atoms with E-state index in [4.69, 9.17) is 4.74 Å². The largest absolute Gasteiger partial charge is 0.505 e. The van der Waals surface area contributed by atoms with E-state index in [1.807, 2.05) is 13.0 Å². The van der Waals surface area contributed by atoms with Crippen molar-refractivity contribution in [2.24, 2.45) is 0 Å². The number of nitrogens with zero attached hydrogens (tertiary/aromatic N) is 2. The fourth-order valence-corrected chi connectivity index (χ4v) is 2.00. The lowest BCUT2D eigenvalue weighted by atomic mass is 10.2. The molecule has 0 aliphatic carbocycles. The summed E-state index contributed by atoms with van der Waals surface area (Å²) in [6.45, 7) is 3.32. The highest BCUT2D eigenvalue weighted by Gasteiger charge is 2.17. The highest BCUT2D eigenvalue weighted by Crippen LogP contribution is 2.13. The van der Waals surface area contributed by atoms with Crippen LogP contribution in [0.2, 0.25) is 0 Å². The molecule has 0 aliphatic heterocycles. The van der Waals surface area contributed by atoms with E-state index >= 15 is 0 Å². The number of benzene rings is 1. The molecule has 0 radical (unpaired) electrons. The Kier molecular flexibility index (Phi) is 5.31. The predicted octanol–water partition coefficient (Wildman–Crippen LogP) is 0.539. The minimum atomic E-state index is -0.790. The van der Waals surface area contributed by atoms with Crippen molar-refractivity contribution in [1.29, 1.82) is 0 Å². The molecule has 1 amide bonds. The van der Waals surface area contributed by atoms with Crippen LogP contribution in [0.15, 0.2) is 35.1 Å². The number of aryl methyl sites for hydroxylation is 1. The summed E-state index contributed by atoms with van der Waals surface area (Å²) in [4.78, 5) is 35.4. The third-order valence-electron chi connectivity index (χ3n) is 3.07. The Bertz CT molecular complexity index is 829. The number of rotatable bonds is 5. The van der Waals surface area contributed by atoms with E-state index in [1.165, 1.54) is 0 Å². The van der Waals surface area contributed by atoms with E-state index in [0.29, 0.717) is 5.69 Å². The summed E-state index contributed by atoms with van der Waals surface area (Å²) in [6, 6.07) is 7.85. The summed E-state index contributed by atoms with van der Waals surface area (Å²) in [6.07, 6.45) is 0. The molecule has 1 aromatic carbocycles. The normalized spacial score (nSPS) is 10.2. The van der Waals surface area contributed by atoms with Gasteiger partial charge >= 0.3 is 5.97 Å². The second-order valence-electron chi connectivity index (χ2n) is 4.95. The molecule has 126 valence electrons. The Labute approximate surface area is 137 Å². The number of carbonyl (C=O) groups is 2. The molecule has 2 aromatic rings. The van der Waals surface area contributed by atoms with E-state index in [-0.39, 0.29) is 18.8 Å². The number of aromatic hydroxyl groups is 1. The van der Waals surface area contributed by atoms with Gasteiger partial charge in [-0.3, -0.25) is 14.4 Å². The van der Waals surface area contributed by atoms with Crippen molar-refractivity contribution in [3.8, 4) is 11.4 Å². The molecule has 0 unspecified atom stereocenters. The SMILES string of the molecule is CCOC(=O)CNC(=O)c1nn(-c2cccc(C)c2)c(=O)cc1O. The maximum absolute atomic E-state index is 12.1. The van der Waals surface area contributed by atoms with Gasteiger partial charge in [-0.2, -0.15) is 9.78 Å². The van der Waals surface area contributed by atoms with Crippen LogP contribution >= 0.6 is 0 Å². The van der Waals surface area contributed by atoms with Gasteiger partial charge in [-0.1, -0.05) is 12.1 Å². The van der Waals surface area contributed by atoms with Gasteiger partial charge < -0.3 is 15.2 Å². The molecular weight excluding hydrogens is 314 g/mol. The van der Waals surface area contributed by atoms with E-state index in [1.54, 1.807) is 25.1 Å². The highest BCUT2D eigenvalue weighted by molar-refractivity contribution is 5.96. The van der Waals surface area contributed by atoms with Gasteiger partial charge in [0.15, 0.2) is 11.4 Å². The average Bonchev–Trinajstić information content (AvgIpc) is 2.53. The van der Waals surface area contributed by atoms with Crippen LogP contribution in [0, 0.1) is 6.92 Å². The summed E-state index contributed by atoms with van der Waals surface area (Å²) < 4.78 is 5.70. The average molecular weight is 331 g/mol. The third-order valence-corrected chi connectivity index (χ3v) is 3.07. The van der Waals surface area contributed by atoms with Crippen LogP contribution in [0.1, 0.15) is 23.0 Å². The van der Waals surface area contributed by atoms with Crippen molar-refractivity contribution in [1.82, 2.24) is 15.1 Å². The first-order chi connectivity index (χ1) is 11.4. The lowest BCUT2D eigenvalue weighted by Gasteiger charge is -2.09. The number of amides is 1. The Morgan fingerprint density at radius 3 is 2.75 bits per heavy atom. The maximum atomic E-state index is 12.1.